The number of rotatable bonds is 6. The molecule has 0 bridgehead atoms. The van der Waals surface area contributed by atoms with Crippen LogP contribution in [0.25, 0.3) is 32.9 Å². The van der Waals surface area contributed by atoms with Crippen molar-refractivity contribution in [2.24, 2.45) is 11.8 Å². The molecule has 0 radical (unpaired) electrons. The zero-order chi connectivity index (χ0) is 32.3. The summed E-state index contributed by atoms with van der Waals surface area (Å²) in [5.41, 5.74) is 4.02. The minimum Gasteiger partial charge on any atom is -0.477 e. The van der Waals surface area contributed by atoms with Gasteiger partial charge in [0, 0.05) is 41.1 Å². The number of hydrogen-bond acceptors (Lipinski definition) is 7. The first-order valence-electron chi connectivity index (χ1n) is 15.8. The number of carbonyl (C=O) groups excluding carboxylic acids is 2. The summed E-state index contributed by atoms with van der Waals surface area (Å²) in [5, 5.41) is 10.4. The maximum absolute atomic E-state index is 14.3. The monoisotopic (exact) mass is 660 g/mol. The topological polar surface area (TPSA) is 130 Å². The number of carboxylic acid groups (broad SMARTS) is 1. The Morgan fingerprint density at radius 3 is 2.39 bits per heavy atom. The lowest BCUT2D eigenvalue weighted by Gasteiger charge is -2.40. The molecular weight excluding hydrogens is 625 g/mol. The fraction of sp³-hybridized carbons (Fsp3) is 0.412. The third-order valence-corrected chi connectivity index (χ3v) is 12.3. The number of Topliss-reactive ketones (excluding diaryl/α,β-unsaturated/α-hetero) is 1. The molecule has 12 heteroatoms. The summed E-state index contributed by atoms with van der Waals surface area (Å²) in [4.78, 5) is 47.6. The van der Waals surface area contributed by atoms with Gasteiger partial charge < -0.3 is 14.6 Å². The van der Waals surface area contributed by atoms with Gasteiger partial charge in [0.2, 0.25) is 15.9 Å². The third kappa shape index (κ3) is 5.46. The van der Waals surface area contributed by atoms with Crippen molar-refractivity contribution in [3.05, 3.63) is 59.0 Å². The summed E-state index contributed by atoms with van der Waals surface area (Å²) in [6, 6.07) is 14.7. The molecule has 0 spiro atoms. The average Bonchev–Trinajstić information content (AvgIpc) is 3.64. The van der Waals surface area contributed by atoms with Gasteiger partial charge in [0.05, 0.1) is 29.5 Å². The maximum Gasteiger partial charge on any atom is 0.348 e. The number of amides is 1. The highest BCUT2D eigenvalue weighted by Gasteiger charge is 2.38. The zero-order valence-corrected chi connectivity index (χ0v) is 27.4. The first-order valence-corrected chi connectivity index (χ1v) is 18.4. The summed E-state index contributed by atoms with van der Waals surface area (Å²) in [7, 11) is -3.37. The molecule has 1 saturated heterocycles. The van der Waals surface area contributed by atoms with Gasteiger partial charge in [0.15, 0.2) is 5.78 Å². The molecular formula is C34H36N4O6S2. The number of fused-ring (bicyclic) bond motifs is 5. The van der Waals surface area contributed by atoms with Gasteiger partial charge in [0.1, 0.15) is 10.7 Å². The van der Waals surface area contributed by atoms with Crippen molar-refractivity contribution >= 4 is 55.7 Å². The second-order valence-electron chi connectivity index (χ2n) is 12.9. The number of carboxylic acids is 1. The van der Waals surface area contributed by atoms with Gasteiger partial charge in [-0.15, -0.1) is 11.3 Å². The lowest BCUT2D eigenvalue weighted by molar-refractivity contribution is -0.124. The van der Waals surface area contributed by atoms with E-state index >= 15 is 0 Å². The van der Waals surface area contributed by atoms with Crippen LogP contribution < -0.4 is 4.90 Å². The first-order chi connectivity index (χ1) is 22.0. The molecule has 2 aromatic heterocycles. The fourth-order valence-electron chi connectivity index (χ4n) is 7.28. The van der Waals surface area contributed by atoms with Crippen LogP contribution in [0.3, 0.4) is 0 Å². The number of piperidine rings is 1. The van der Waals surface area contributed by atoms with E-state index in [1.165, 1.54) is 10.6 Å². The Bertz CT molecular complexity index is 1980. The molecule has 1 amide bonds. The number of nitrogens with zero attached hydrogens (tertiary/aromatic N) is 4. The number of thiophene rings is 1. The average molecular weight is 661 g/mol. The molecule has 10 nitrogen and oxygen atoms in total. The summed E-state index contributed by atoms with van der Waals surface area (Å²) < 4.78 is 27.8. The molecule has 1 aliphatic carbocycles. The van der Waals surface area contributed by atoms with Gasteiger partial charge in [-0.05, 0) is 80.3 Å². The van der Waals surface area contributed by atoms with Crippen LogP contribution >= 0.6 is 11.3 Å². The van der Waals surface area contributed by atoms with Crippen molar-refractivity contribution in [2.45, 2.75) is 58.0 Å². The van der Waals surface area contributed by atoms with Gasteiger partial charge in [0.25, 0.3) is 0 Å². The van der Waals surface area contributed by atoms with Crippen molar-refractivity contribution in [3.63, 3.8) is 0 Å². The highest BCUT2D eigenvalue weighted by molar-refractivity contribution is 7.88. The minimum absolute atomic E-state index is 0.0521. The second kappa shape index (κ2) is 11.7. The Morgan fingerprint density at radius 2 is 1.70 bits per heavy atom. The SMILES string of the molecule is CC1CCC(C(=O)N(c2cc(-c3ccc4c(c3)C(=O)Cn3c-4nc4ccccc43)sc2C(=O)O)C2CCN(S(C)(=O)=O)CC2)CC1. The second-order valence-corrected chi connectivity index (χ2v) is 15.9. The molecule has 7 rings (SSSR count). The highest BCUT2D eigenvalue weighted by atomic mass is 32.2. The minimum atomic E-state index is -3.37. The molecule has 2 fully saturated rings. The number of benzene rings is 2. The van der Waals surface area contributed by atoms with Crippen LogP contribution in [0.15, 0.2) is 48.5 Å². The van der Waals surface area contributed by atoms with Gasteiger partial charge in [-0.2, -0.15) is 0 Å². The van der Waals surface area contributed by atoms with E-state index in [-0.39, 0.29) is 48.2 Å². The van der Waals surface area contributed by atoms with E-state index < -0.39 is 16.0 Å². The van der Waals surface area contributed by atoms with Crippen LogP contribution in [0.4, 0.5) is 5.69 Å². The lowest BCUT2D eigenvalue weighted by atomic mass is 9.82. The molecule has 0 unspecified atom stereocenters. The van der Waals surface area contributed by atoms with Crippen LogP contribution in [0.1, 0.15) is 65.5 Å². The summed E-state index contributed by atoms with van der Waals surface area (Å²) in [6.45, 7) is 2.89. The number of anilines is 1. The van der Waals surface area contributed by atoms with Gasteiger partial charge >= 0.3 is 5.97 Å². The first kappa shape index (κ1) is 30.8. The van der Waals surface area contributed by atoms with Crippen LogP contribution in [-0.2, 0) is 21.4 Å². The van der Waals surface area contributed by atoms with Crippen LogP contribution in [0.2, 0.25) is 0 Å². The van der Waals surface area contributed by atoms with Crippen molar-refractivity contribution < 1.29 is 27.9 Å². The third-order valence-electron chi connectivity index (χ3n) is 9.83. The smallest absolute Gasteiger partial charge is 0.348 e. The Kier molecular flexibility index (Phi) is 7.85. The maximum atomic E-state index is 14.3. The molecule has 46 heavy (non-hydrogen) atoms. The number of aromatic nitrogens is 2. The quantitative estimate of drug-likeness (QED) is 0.272. The van der Waals surface area contributed by atoms with Crippen molar-refractivity contribution in [1.82, 2.24) is 13.9 Å². The van der Waals surface area contributed by atoms with E-state index in [4.69, 9.17) is 4.98 Å². The number of hydrogen-bond donors (Lipinski definition) is 1. The Balaban J connectivity index is 1.28. The van der Waals surface area contributed by atoms with Gasteiger partial charge in [-0.3, -0.25) is 9.59 Å². The molecule has 240 valence electrons. The van der Waals surface area contributed by atoms with E-state index in [2.05, 4.69) is 6.92 Å². The largest absolute Gasteiger partial charge is 0.477 e. The predicted molar refractivity (Wildman–Crippen MR) is 178 cm³/mol. The number of sulfonamides is 1. The zero-order valence-electron chi connectivity index (χ0n) is 25.8. The van der Waals surface area contributed by atoms with E-state index in [9.17, 15) is 27.9 Å². The van der Waals surface area contributed by atoms with Crippen molar-refractivity contribution in [2.75, 3.05) is 24.2 Å². The standard InChI is InChI=1S/C34H36N4O6S2/c1-20-7-9-21(10-8-20)33(40)38(23-13-15-36(16-14-23)46(2,43)44)28-18-30(45-31(28)34(41)42)22-11-12-24-25(17-22)29(39)19-37-27-6-4-3-5-26(27)35-32(24)37/h3-6,11-12,17-18,20-21,23H,7-10,13-16,19H2,1-2H3,(H,41,42). The molecule has 4 aromatic rings. The molecule has 1 saturated carbocycles. The Hall–Kier alpha value is -3.87. The van der Waals surface area contributed by atoms with Gasteiger partial charge in [-0.1, -0.05) is 25.1 Å². The van der Waals surface area contributed by atoms with E-state index in [0.717, 1.165) is 59.4 Å². The van der Waals surface area contributed by atoms with E-state index in [0.29, 0.717) is 40.5 Å². The number of imidazole rings is 1. The lowest BCUT2D eigenvalue weighted by Crippen LogP contribution is -2.51. The van der Waals surface area contributed by atoms with Crippen LogP contribution in [-0.4, -0.2) is 70.4 Å². The number of ketones is 1. The molecule has 3 aliphatic rings. The van der Waals surface area contributed by atoms with E-state index in [1.807, 2.05) is 41.0 Å². The molecule has 4 heterocycles. The van der Waals surface area contributed by atoms with Crippen LogP contribution in [0, 0.1) is 11.8 Å². The summed E-state index contributed by atoms with van der Waals surface area (Å²) in [5.74, 6) is -0.215. The number of para-hydroxylation sites is 2. The predicted octanol–water partition coefficient (Wildman–Crippen LogP) is 5.91. The number of aromatic carboxylic acids is 1. The van der Waals surface area contributed by atoms with Gasteiger partial charge in [-0.25, -0.2) is 22.5 Å². The summed E-state index contributed by atoms with van der Waals surface area (Å²) in [6.07, 6.45) is 5.39. The number of carbonyl (C=O) groups is 3. The van der Waals surface area contributed by atoms with Crippen LogP contribution in [0.5, 0.6) is 0 Å². The van der Waals surface area contributed by atoms with Crippen molar-refractivity contribution in [1.29, 1.82) is 0 Å². The normalized spacial score (nSPS) is 20.8. The fourth-order valence-corrected chi connectivity index (χ4v) is 9.14. The molecule has 2 aromatic carbocycles. The Labute approximate surface area is 271 Å². The van der Waals surface area contributed by atoms with Crippen molar-refractivity contribution in [3.8, 4) is 21.8 Å². The Morgan fingerprint density at radius 1 is 0.978 bits per heavy atom. The molecule has 0 atom stereocenters. The highest BCUT2D eigenvalue weighted by Crippen LogP contribution is 2.43. The van der Waals surface area contributed by atoms with E-state index in [1.54, 1.807) is 17.0 Å². The summed E-state index contributed by atoms with van der Waals surface area (Å²) >= 11 is 1.09. The molecule has 2 aliphatic heterocycles. The molecule has 1 N–H and O–H groups in total.